The summed E-state index contributed by atoms with van der Waals surface area (Å²) in [6, 6.07) is 0. The normalized spacial score (nSPS) is 9.82. The molecule has 0 saturated heterocycles. The summed E-state index contributed by atoms with van der Waals surface area (Å²) in [7, 11) is 0. The van der Waals surface area contributed by atoms with Crippen LogP contribution in [0.1, 0.15) is 0 Å². The Morgan fingerprint density at radius 2 is 0.727 bits per heavy atom. The van der Waals surface area contributed by atoms with Crippen molar-refractivity contribution >= 4 is 0 Å². The van der Waals surface area contributed by atoms with Crippen molar-refractivity contribution in [1.29, 1.82) is 0 Å². The molecule has 0 nitrogen and oxygen atoms in total. The molecule has 0 radical (unpaired) electrons. The summed E-state index contributed by atoms with van der Waals surface area (Å²) < 4.78 is 79.9. The third-order valence-corrected chi connectivity index (χ3v) is 0.143. The van der Waals surface area contributed by atoms with E-state index in [1.807, 2.05) is 0 Å². The Balaban J connectivity index is 0. The van der Waals surface area contributed by atoms with Gasteiger partial charge < -0.3 is 0 Å². The van der Waals surface area contributed by atoms with Crippen LogP contribution in [0.3, 0.4) is 0 Å². The fourth-order valence-electron chi connectivity index (χ4n) is 0. The first-order chi connectivity index (χ1) is 4.64. The van der Waals surface area contributed by atoms with Gasteiger partial charge in [0.25, 0.3) is 0 Å². The molecule has 0 aliphatic carbocycles. The van der Waals surface area contributed by atoms with E-state index in [0.29, 0.717) is 0 Å². The lowest BCUT2D eigenvalue weighted by Crippen LogP contribution is -1.92. The monoisotopic (exact) mass is 188 g/mol. The van der Waals surface area contributed by atoms with Crippen molar-refractivity contribution in [2.75, 3.05) is 0 Å². The van der Waals surface area contributed by atoms with Gasteiger partial charge in [0, 0.05) is 0 Å². The lowest BCUT2D eigenvalue weighted by molar-refractivity contribution is -0.237. The third-order valence-electron chi connectivity index (χ3n) is 0.143. The van der Waals surface area contributed by atoms with Gasteiger partial charge in [-0.2, -0.15) is 17.6 Å². The molecule has 0 aromatic rings. The molecule has 0 fully saturated rings. The minimum Gasteiger partial charge on any atom is -0.167 e. The molecule has 68 valence electrons. The second-order valence-electron chi connectivity index (χ2n) is 0.949. The van der Waals surface area contributed by atoms with Crippen molar-refractivity contribution in [2.45, 2.75) is 6.43 Å². The molecule has 0 spiro atoms. The molecule has 8 heteroatoms. The van der Waals surface area contributed by atoms with E-state index in [9.17, 15) is 35.1 Å². The average Bonchev–Trinajstić information content (AvgIpc) is 1.59. The zero-order chi connectivity index (χ0) is 9.65. The zero-order valence-electron chi connectivity index (χ0n) is 4.52. The molecule has 0 bridgehead atoms. The van der Waals surface area contributed by atoms with Gasteiger partial charge in [-0.3, -0.25) is 0 Å². The van der Waals surface area contributed by atoms with Crippen LogP contribution >= 0.6 is 0 Å². The molecule has 0 aliphatic heterocycles. The fraction of sp³-hybridized carbons (Fsp3) is 0.333. The molecule has 0 aromatic heterocycles. The van der Waals surface area contributed by atoms with E-state index in [-0.39, 0.29) is 0 Å². The zero-order valence-corrected chi connectivity index (χ0v) is 4.52. The molecule has 0 atom stereocenters. The van der Waals surface area contributed by atoms with Gasteiger partial charge >= 0.3 is 18.6 Å². The lowest BCUT2D eigenvalue weighted by Gasteiger charge is -1.82. The van der Waals surface area contributed by atoms with Crippen LogP contribution < -0.4 is 0 Å². The predicted octanol–water partition coefficient (Wildman–Crippen LogP) is 3.47. The Hall–Kier alpha value is -0.820. The van der Waals surface area contributed by atoms with Gasteiger partial charge in [-0.1, -0.05) is 0 Å². The lowest BCUT2D eigenvalue weighted by atomic mass is 11.1. The minimum absolute atomic E-state index is 2.91. The van der Waals surface area contributed by atoms with E-state index in [1.165, 1.54) is 0 Å². The summed E-state index contributed by atoms with van der Waals surface area (Å²) in [6.45, 7) is 0. The van der Waals surface area contributed by atoms with Crippen molar-refractivity contribution in [1.82, 2.24) is 0 Å². The van der Waals surface area contributed by atoms with Crippen molar-refractivity contribution < 1.29 is 35.1 Å². The molecule has 0 N–H and O–H groups in total. The van der Waals surface area contributed by atoms with E-state index in [4.69, 9.17) is 0 Å². The topological polar surface area (TPSA) is 0 Å². The van der Waals surface area contributed by atoms with Crippen LogP contribution in [-0.2, 0) is 0 Å². The molecule has 0 saturated carbocycles. The Labute approximate surface area is 55.1 Å². The van der Waals surface area contributed by atoms with E-state index < -0.39 is 18.6 Å². The maximum Gasteiger partial charge on any atom is 0.559 e. The number of halogens is 8. The number of rotatable bonds is 0. The van der Waals surface area contributed by atoms with Gasteiger partial charge in [0.2, 0.25) is 0 Å². The number of hydrogen-bond acceptors (Lipinski definition) is 0. The SMILES string of the molecule is FC(F)(F)F.FC(F)=C(F)F. The Morgan fingerprint density at radius 1 is 0.636 bits per heavy atom. The second-order valence-corrected chi connectivity index (χ2v) is 0.949. The van der Waals surface area contributed by atoms with Gasteiger partial charge in [0.05, 0.1) is 0 Å². The smallest absolute Gasteiger partial charge is 0.167 e. The molecule has 11 heavy (non-hydrogen) atoms. The van der Waals surface area contributed by atoms with E-state index >= 15 is 0 Å². The van der Waals surface area contributed by atoms with Crippen LogP contribution in [0.2, 0.25) is 0 Å². The molecule has 0 amide bonds. The van der Waals surface area contributed by atoms with Crippen LogP contribution in [-0.4, -0.2) is 6.43 Å². The summed E-state index contributed by atoms with van der Waals surface area (Å²) >= 11 is 0. The second kappa shape index (κ2) is 4.91. The van der Waals surface area contributed by atoms with Gasteiger partial charge in [-0.15, -0.1) is 17.6 Å². The molecule has 0 aromatic carbocycles. The summed E-state index contributed by atoms with van der Waals surface area (Å²) in [5.74, 6) is 0. The van der Waals surface area contributed by atoms with Crippen molar-refractivity contribution in [3.63, 3.8) is 0 Å². The highest BCUT2D eigenvalue weighted by Gasteiger charge is 2.24. The van der Waals surface area contributed by atoms with E-state index in [0.717, 1.165) is 0 Å². The van der Waals surface area contributed by atoms with Crippen molar-refractivity contribution in [2.24, 2.45) is 0 Å². The molecular formula is C3F8. The Kier molecular flexibility index (Phi) is 5.73. The molecule has 0 rings (SSSR count). The van der Waals surface area contributed by atoms with Crippen molar-refractivity contribution in [3.8, 4) is 0 Å². The molecule has 0 aliphatic rings. The molecule has 0 unspecified atom stereocenters. The van der Waals surface area contributed by atoms with Gasteiger partial charge in [0.1, 0.15) is 0 Å². The van der Waals surface area contributed by atoms with Crippen LogP contribution in [0.25, 0.3) is 0 Å². The third kappa shape index (κ3) is 46.8. The van der Waals surface area contributed by atoms with Crippen LogP contribution in [0.4, 0.5) is 35.1 Å². The highest BCUT2D eigenvalue weighted by atomic mass is 19.5. The van der Waals surface area contributed by atoms with Gasteiger partial charge in [-0.05, 0) is 0 Å². The standard InChI is InChI=1S/C2F4.CF4/c3-1(4)2(5)6;2-1(3,4)5. The maximum atomic E-state index is 10.3. The van der Waals surface area contributed by atoms with E-state index in [1.54, 1.807) is 0 Å². The average molecular weight is 188 g/mol. The minimum atomic E-state index is -5.50. The quantitative estimate of drug-likeness (QED) is 0.510. The molecular weight excluding hydrogens is 188 g/mol. The van der Waals surface area contributed by atoms with Crippen LogP contribution in [0, 0.1) is 0 Å². The van der Waals surface area contributed by atoms with Gasteiger partial charge in [0.15, 0.2) is 0 Å². The first-order valence-electron chi connectivity index (χ1n) is 1.76. The number of hydrogen-bond donors (Lipinski definition) is 0. The Bertz CT molecular complexity index is 107. The van der Waals surface area contributed by atoms with E-state index in [2.05, 4.69) is 0 Å². The first kappa shape index (κ1) is 12.8. The summed E-state index contributed by atoms with van der Waals surface area (Å²) in [6.07, 6.45) is -11.3. The summed E-state index contributed by atoms with van der Waals surface area (Å²) in [5.41, 5.74) is 0. The van der Waals surface area contributed by atoms with Crippen LogP contribution in [0.15, 0.2) is 12.2 Å². The summed E-state index contributed by atoms with van der Waals surface area (Å²) in [5, 5.41) is 0. The highest BCUT2D eigenvalue weighted by Crippen LogP contribution is 2.13. The van der Waals surface area contributed by atoms with Gasteiger partial charge in [-0.25, -0.2) is 0 Å². The Morgan fingerprint density at radius 3 is 0.727 bits per heavy atom. The highest BCUT2D eigenvalue weighted by molar-refractivity contribution is 4.77. The molecule has 0 heterocycles. The van der Waals surface area contributed by atoms with Crippen molar-refractivity contribution in [3.05, 3.63) is 12.2 Å². The first-order valence-corrected chi connectivity index (χ1v) is 1.76. The number of alkyl halides is 4. The largest absolute Gasteiger partial charge is 0.559 e. The van der Waals surface area contributed by atoms with Crippen LogP contribution in [0.5, 0.6) is 0 Å². The summed E-state index contributed by atoms with van der Waals surface area (Å²) in [4.78, 5) is 0. The fourth-order valence-corrected chi connectivity index (χ4v) is 0. The maximum absolute atomic E-state index is 10.3. The predicted molar refractivity (Wildman–Crippen MR) is 18.6 cm³/mol.